The Labute approximate surface area is 126 Å². The number of piperazine rings is 1. The highest BCUT2D eigenvalue weighted by molar-refractivity contribution is 5.74. The molecule has 6 nitrogen and oxygen atoms in total. The summed E-state index contributed by atoms with van der Waals surface area (Å²) < 4.78 is 5.06. The van der Waals surface area contributed by atoms with Crippen molar-refractivity contribution in [2.45, 2.75) is 19.9 Å². The van der Waals surface area contributed by atoms with E-state index in [1.807, 2.05) is 23.2 Å². The van der Waals surface area contributed by atoms with Gasteiger partial charge >= 0.3 is 6.03 Å². The standard InChI is InChI=1S/C15H24N4O2/c1-3-6-16-15(20)19-9-7-18(8-10-19)12-13-4-5-14(21-2)17-11-13/h4-5,11H,3,6-10,12H2,1-2H3,(H,16,20). The van der Waals surface area contributed by atoms with Gasteiger partial charge in [-0.05, 0) is 12.0 Å². The summed E-state index contributed by atoms with van der Waals surface area (Å²) in [6, 6.07) is 3.97. The number of carbonyl (C=O) groups excluding carboxylic acids is 1. The van der Waals surface area contributed by atoms with Gasteiger partial charge in [0.1, 0.15) is 0 Å². The van der Waals surface area contributed by atoms with Crippen LogP contribution in [0.25, 0.3) is 0 Å². The van der Waals surface area contributed by atoms with Gasteiger partial charge in [0, 0.05) is 51.5 Å². The fourth-order valence-corrected chi connectivity index (χ4v) is 2.34. The first-order valence-electron chi connectivity index (χ1n) is 7.47. The summed E-state index contributed by atoms with van der Waals surface area (Å²) in [6.07, 6.45) is 2.81. The number of ether oxygens (including phenoxy) is 1. The predicted molar refractivity (Wildman–Crippen MR) is 81.3 cm³/mol. The lowest BCUT2D eigenvalue weighted by molar-refractivity contribution is 0.135. The fourth-order valence-electron chi connectivity index (χ4n) is 2.34. The molecule has 0 aromatic carbocycles. The van der Waals surface area contributed by atoms with E-state index in [-0.39, 0.29) is 6.03 Å². The first kappa shape index (κ1) is 15.6. The monoisotopic (exact) mass is 292 g/mol. The van der Waals surface area contributed by atoms with E-state index < -0.39 is 0 Å². The zero-order valence-corrected chi connectivity index (χ0v) is 12.8. The highest BCUT2D eigenvalue weighted by atomic mass is 16.5. The van der Waals surface area contributed by atoms with Crippen LogP contribution in [0.2, 0.25) is 0 Å². The lowest BCUT2D eigenvalue weighted by Gasteiger charge is -2.34. The van der Waals surface area contributed by atoms with E-state index in [1.165, 1.54) is 5.56 Å². The van der Waals surface area contributed by atoms with E-state index in [0.717, 1.165) is 45.7 Å². The van der Waals surface area contributed by atoms with Crippen LogP contribution in [0.15, 0.2) is 18.3 Å². The molecule has 1 N–H and O–H groups in total. The summed E-state index contributed by atoms with van der Waals surface area (Å²) in [6.45, 7) is 7.01. The first-order chi connectivity index (χ1) is 10.2. The number of amides is 2. The maximum Gasteiger partial charge on any atom is 0.317 e. The van der Waals surface area contributed by atoms with E-state index in [2.05, 4.69) is 22.1 Å². The number of rotatable bonds is 5. The van der Waals surface area contributed by atoms with Crippen LogP contribution in [0, 0.1) is 0 Å². The van der Waals surface area contributed by atoms with Crippen LogP contribution in [0.4, 0.5) is 4.79 Å². The number of nitrogens with one attached hydrogen (secondary N) is 1. The van der Waals surface area contributed by atoms with Crippen molar-refractivity contribution in [2.24, 2.45) is 0 Å². The Bertz CT molecular complexity index is 441. The smallest absolute Gasteiger partial charge is 0.317 e. The lowest BCUT2D eigenvalue weighted by atomic mass is 10.2. The Morgan fingerprint density at radius 3 is 2.67 bits per heavy atom. The molecule has 0 spiro atoms. The summed E-state index contributed by atoms with van der Waals surface area (Å²) in [7, 11) is 1.62. The van der Waals surface area contributed by atoms with E-state index in [1.54, 1.807) is 7.11 Å². The molecule has 1 aliphatic heterocycles. The van der Waals surface area contributed by atoms with Crippen LogP contribution in [0.1, 0.15) is 18.9 Å². The average Bonchev–Trinajstić information content (AvgIpc) is 2.54. The fraction of sp³-hybridized carbons (Fsp3) is 0.600. The lowest BCUT2D eigenvalue weighted by Crippen LogP contribution is -2.51. The number of carbonyl (C=O) groups is 1. The van der Waals surface area contributed by atoms with Gasteiger partial charge in [0.25, 0.3) is 0 Å². The van der Waals surface area contributed by atoms with Gasteiger partial charge in [0.05, 0.1) is 7.11 Å². The molecule has 0 radical (unpaired) electrons. The van der Waals surface area contributed by atoms with E-state index in [4.69, 9.17) is 4.74 Å². The van der Waals surface area contributed by atoms with Crippen molar-refractivity contribution in [2.75, 3.05) is 39.8 Å². The van der Waals surface area contributed by atoms with Crippen LogP contribution < -0.4 is 10.1 Å². The normalized spacial score (nSPS) is 15.8. The minimum absolute atomic E-state index is 0.0580. The number of nitrogens with zero attached hydrogens (tertiary/aromatic N) is 3. The molecule has 2 heterocycles. The molecule has 21 heavy (non-hydrogen) atoms. The molecule has 2 rings (SSSR count). The third-order valence-electron chi connectivity index (χ3n) is 3.60. The quantitative estimate of drug-likeness (QED) is 0.889. The van der Waals surface area contributed by atoms with Crippen molar-refractivity contribution in [3.63, 3.8) is 0 Å². The van der Waals surface area contributed by atoms with Crippen LogP contribution >= 0.6 is 0 Å². The molecule has 0 saturated carbocycles. The summed E-state index contributed by atoms with van der Waals surface area (Å²) >= 11 is 0. The zero-order valence-electron chi connectivity index (χ0n) is 12.8. The summed E-state index contributed by atoms with van der Waals surface area (Å²) in [5.74, 6) is 0.635. The van der Waals surface area contributed by atoms with Gasteiger partial charge in [0.2, 0.25) is 5.88 Å². The van der Waals surface area contributed by atoms with Crippen molar-refractivity contribution in [3.05, 3.63) is 23.9 Å². The second-order valence-electron chi connectivity index (χ2n) is 5.20. The largest absolute Gasteiger partial charge is 0.481 e. The number of aromatic nitrogens is 1. The van der Waals surface area contributed by atoms with Gasteiger partial charge in [-0.1, -0.05) is 13.0 Å². The summed E-state index contributed by atoms with van der Waals surface area (Å²) in [4.78, 5) is 20.3. The SMILES string of the molecule is CCCNC(=O)N1CCN(Cc2ccc(OC)nc2)CC1. The Kier molecular flexibility index (Phi) is 5.80. The molecule has 0 aliphatic carbocycles. The molecule has 2 amide bonds. The third kappa shape index (κ3) is 4.60. The summed E-state index contributed by atoms with van der Waals surface area (Å²) in [5, 5.41) is 2.92. The van der Waals surface area contributed by atoms with Crippen LogP contribution in [-0.2, 0) is 6.54 Å². The molecule has 1 aliphatic rings. The van der Waals surface area contributed by atoms with Crippen LogP contribution in [0.3, 0.4) is 0 Å². The van der Waals surface area contributed by atoms with Crippen molar-refractivity contribution in [3.8, 4) is 5.88 Å². The minimum Gasteiger partial charge on any atom is -0.481 e. The van der Waals surface area contributed by atoms with Gasteiger partial charge in [-0.3, -0.25) is 4.90 Å². The molecule has 116 valence electrons. The first-order valence-corrected chi connectivity index (χ1v) is 7.47. The van der Waals surface area contributed by atoms with Gasteiger partial charge in [-0.25, -0.2) is 9.78 Å². The molecule has 6 heteroatoms. The molecule has 0 unspecified atom stereocenters. The van der Waals surface area contributed by atoms with Gasteiger partial charge in [-0.15, -0.1) is 0 Å². The van der Waals surface area contributed by atoms with Crippen LogP contribution in [-0.4, -0.2) is 60.6 Å². The predicted octanol–water partition coefficient (Wildman–Crippen LogP) is 1.33. The molecule has 0 bridgehead atoms. The van der Waals surface area contributed by atoms with E-state index in [9.17, 15) is 4.79 Å². The van der Waals surface area contributed by atoms with Gasteiger partial charge < -0.3 is 15.0 Å². The van der Waals surface area contributed by atoms with Crippen molar-refractivity contribution >= 4 is 6.03 Å². The van der Waals surface area contributed by atoms with Gasteiger partial charge in [-0.2, -0.15) is 0 Å². The maximum absolute atomic E-state index is 11.9. The van der Waals surface area contributed by atoms with Crippen LogP contribution in [0.5, 0.6) is 5.88 Å². The van der Waals surface area contributed by atoms with E-state index >= 15 is 0 Å². The van der Waals surface area contributed by atoms with Gasteiger partial charge in [0.15, 0.2) is 0 Å². The molecule has 1 aromatic heterocycles. The molecular weight excluding hydrogens is 268 g/mol. The number of pyridine rings is 1. The Hall–Kier alpha value is -1.82. The zero-order chi connectivity index (χ0) is 15.1. The second-order valence-corrected chi connectivity index (χ2v) is 5.20. The Balaban J connectivity index is 1.76. The molecule has 1 saturated heterocycles. The van der Waals surface area contributed by atoms with E-state index in [0.29, 0.717) is 5.88 Å². The number of hydrogen-bond acceptors (Lipinski definition) is 4. The third-order valence-corrected chi connectivity index (χ3v) is 3.60. The number of urea groups is 1. The Morgan fingerprint density at radius 1 is 1.33 bits per heavy atom. The average molecular weight is 292 g/mol. The minimum atomic E-state index is 0.0580. The Morgan fingerprint density at radius 2 is 2.10 bits per heavy atom. The maximum atomic E-state index is 11.9. The number of hydrogen-bond donors (Lipinski definition) is 1. The van der Waals surface area contributed by atoms with Crippen molar-refractivity contribution in [1.82, 2.24) is 20.1 Å². The molecule has 1 aromatic rings. The molecule has 1 fully saturated rings. The highest BCUT2D eigenvalue weighted by Crippen LogP contribution is 2.11. The van der Waals surface area contributed by atoms with Crippen molar-refractivity contribution < 1.29 is 9.53 Å². The molecule has 0 atom stereocenters. The molecular formula is C15H24N4O2. The number of methoxy groups -OCH3 is 1. The summed E-state index contributed by atoms with van der Waals surface area (Å²) in [5.41, 5.74) is 1.17. The topological polar surface area (TPSA) is 57.7 Å². The highest BCUT2D eigenvalue weighted by Gasteiger charge is 2.20. The second kappa shape index (κ2) is 7.83. The van der Waals surface area contributed by atoms with Crippen molar-refractivity contribution in [1.29, 1.82) is 0 Å².